The van der Waals surface area contributed by atoms with Crippen molar-refractivity contribution >= 4 is 0 Å². The zero-order valence-electron chi connectivity index (χ0n) is 12.9. The lowest BCUT2D eigenvalue weighted by atomic mass is 9.99. The van der Waals surface area contributed by atoms with Gasteiger partial charge in [0.15, 0.2) is 0 Å². The molecule has 0 saturated carbocycles. The molecule has 21 heavy (non-hydrogen) atoms. The van der Waals surface area contributed by atoms with Crippen LogP contribution in [0.2, 0.25) is 0 Å². The maximum Gasteiger partial charge on any atom is 0.138 e. The van der Waals surface area contributed by atoms with Crippen LogP contribution >= 0.6 is 0 Å². The van der Waals surface area contributed by atoms with E-state index in [0.29, 0.717) is 6.04 Å². The van der Waals surface area contributed by atoms with Crippen molar-refractivity contribution in [2.75, 3.05) is 6.61 Å². The van der Waals surface area contributed by atoms with Crippen molar-refractivity contribution in [2.45, 2.75) is 46.2 Å². The number of hydrogen-bond acceptors (Lipinski definition) is 4. The molecule has 1 atom stereocenters. The van der Waals surface area contributed by atoms with Crippen LogP contribution < -0.4 is 10.1 Å². The number of aromatic nitrogens is 1. The lowest BCUT2D eigenvalue weighted by molar-refractivity contribution is 0.313. The van der Waals surface area contributed by atoms with E-state index in [9.17, 15) is 0 Å². The Bertz CT molecular complexity index is 614. The van der Waals surface area contributed by atoms with Gasteiger partial charge < -0.3 is 14.6 Å². The van der Waals surface area contributed by atoms with Crippen molar-refractivity contribution < 1.29 is 9.26 Å². The number of fused-ring (bicyclic) bond motifs is 1. The van der Waals surface area contributed by atoms with Gasteiger partial charge in [0.2, 0.25) is 0 Å². The van der Waals surface area contributed by atoms with Gasteiger partial charge in [-0.15, -0.1) is 0 Å². The Hall–Kier alpha value is -1.81. The van der Waals surface area contributed by atoms with Gasteiger partial charge in [0.05, 0.1) is 12.3 Å². The van der Waals surface area contributed by atoms with Crippen LogP contribution in [0.15, 0.2) is 22.7 Å². The molecule has 0 saturated heterocycles. The Morgan fingerprint density at radius 1 is 1.29 bits per heavy atom. The molecule has 0 aliphatic carbocycles. The maximum absolute atomic E-state index is 5.92. The van der Waals surface area contributed by atoms with E-state index in [1.165, 1.54) is 11.1 Å². The van der Waals surface area contributed by atoms with Gasteiger partial charge in [0.25, 0.3) is 0 Å². The van der Waals surface area contributed by atoms with E-state index in [4.69, 9.17) is 9.26 Å². The highest BCUT2D eigenvalue weighted by Gasteiger charge is 2.21. The van der Waals surface area contributed by atoms with E-state index in [-0.39, 0.29) is 0 Å². The predicted molar refractivity (Wildman–Crippen MR) is 81.5 cm³/mol. The summed E-state index contributed by atoms with van der Waals surface area (Å²) >= 11 is 0. The van der Waals surface area contributed by atoms with E-state index in [2.05, 4.69) is 35.6 Å². The average Bonchev–Trinajstić information content (AvgIpc) is 2.68. The highest BCUT2D eigenvalue weighted by Crippen LogP contribution is 2.34. The fourth-order valence-corrected chi connectivity index (χ4v) is 2.96. The minimum absolute atomic E-state index is 0.316. The minimum Gasteiger partial charge on any atom is -0.493 e. The summed E-state index contributed by atoms with van der Waals surface area (Å²) in [6.45, 7) is 7.63. The molecule has 1 aromatic heterocycles. The van der Waals surface area contributed by atoms with Crippen LogP contribution in [0.25, 0.3) is 0 Å². The molecule has 1 aliphatic heterocycles. The molecule has 0 spiro atoms. The number of ether oxygens (including phenoxy) is 1. The van der Waals surface area contributed by atoms with Crippen LogP contribution in [-0.2, 0) is 6.54 Å². The van der Waals surface area contributed by atoms with Gasteiger partial charge in [-0.3, -0.25) is 0 Å². The highest BCUT2D eigenvalue weighted by atomic mass is 16.5. The molecule has 0 amide bonds. The van der Waals surface area contributed by atoms with Crippen LogP contribution in [0, 0.1) is 20.8 Å². The van der Waals surface area contributed by atoms with E-state index in [1.807, 2.05) is 13.8 Å². The highest BCUT2D eigenvalue weighted by molar-refractivity contribution is 5.43. The van der Waals surface area contributed by atoms with Gasteiger partial charge in [-0.2, -0.15) is 0 Å². The Morgan fingerprint density at radius 2 is 2.14 bits per heavy atom. The Balaban J connectivity index is 1.81. The lowest BCUT2D eigenvalue weighted by Crippen LogP contribution is -2.21. The van der Waals surface area contributed by atoms with Gasteiger partial charge in [0, 0.05) is 23.7 Å². The minimum atomic E-state index is 0.316. The van der Waals surface area contributed by atoms with Gasteiger partial charge in [0.1, 0.15) is 11.5 Å². The zero-order valence-corrected chi connectivity index (χ0v) is 12.9. The molecule has 1 aliphatic rings. The van der Waals surface area contributed by atoms with Crippen molar-refractivity contribution in [2.24, 2.45) is 0 Å². The van der Waals surface area contributed by atoms with E-state index in [0.717, 1.165) is 48.8 Å². The first-order valence-corrected chi connectivity index (χ1v) is 7.54. The van der Waals surface area contributed by atoms with Crippen LogP contribution in [0.1, 0.15) is 47.0 Å². The van der Waals surface area contributed by atoms with E-state index in [1.54, 1.807) is 0 Å². The molecule has 4 nitrogen and oxygen atoms in total. The quantitative estimate of drug-likeness (QED) is 0.936. The maximum atomic E-state index is 5.92. The molecule has 2 heterocycles. The molecule has 112 valence electrons. The number of rotatable bonds is 3. The molecule has 2 aromatic rings. The number of hydrogen-bond donors (Lipinski definition) is 1. The van der Waals surface area contributed by atoms with Gasteiger partial charge in [-0.25, -0.2) is 0 Å². The fourth-order valence-electron chi connectivity index (χ4n) is 2.96. The largest absolute Gasteiger partial charge is 0.493 e. The summed E-state index contributed by atoms with van der Waals surface area (Å²) < 4.78 is 11.2. The second-order valence-corrected chi connectivity index (χ2v) is 5.72. The number of aryl methyl sites for hydroxylation is 3. The van der Waals surface area contributed by atoms with Crippen molar-refractivity contribution in [3.05, 3.63) is 46.3 Å². The van der Waals surface area contributed by atoms with Crippen molar-refractivity contribution in [1.29, 1.82) is 0 Å². The number of para-hydroxylation sites is 1. The molecular formula is C17H22N2O2. The first kappa shape index (κ1) is 14.1. The summed E-state index contributed by atoms with van der Waals surface area (Å²) in [6, 6.07) is 6.69. The van der Waals surface area contributed by atoms with Crippen molar-refractivity contribution in [1.82, 2.24) is 10.5 Å². The Kier molecular flexibility index (Phi) is 3.97. The predicted octanol–water partition coefficient (Wildman–Crippen LogP) is 3.60. The van der Waals surface area contributed by atoms with Crippen LogP contribution in [-0.4, -0.2) is 11.8 Å². The molecular weight excluding hydrogens is 264 g/mol. The number of nitrogens with zero attached hydrogens (tertiary/aromatic N) is 1. The average molecular weight is 286 g/mol. The second-order valence-electron chi connectivity index (χ2n) is 5.72. The normalized spacial score (nSPS) is 18.0. The van der Waals surface area contributed by atoms with Crippen LogP contribution in [0.3, 0.4) is 0 Å². The third-order valence-electron chi connectivity index (χ3n) is 4.21. The van der Waals surface area contributed by atoms with Crippen molar-refractivity contribution in [3.63, 3.8) is 0 Å². The fraction of sp³-hybridized carbons (Fsp3) is 0.471. The summed E-state index contributed by atoms with van der Waals surface area (Å²) in [5.74, 6) is 1.95. The summed E-state index contributed by atoms with van der Waals surface area (Å²) in [5.41, 5.74) is 4.60. The van der Waals surface area contributed by atoms with Crippen LogP contribution in [0.5, 0.6) is 5.75 Å². The van der Waals surface area contributed by atoms with Gasteiger partial charge in [-0.1, -0.05) is 23.4 Å². The SMILES string of the molecule is Cc1cccc2c1OCCCC2NCc1c(C)noc1C. The van der Waals surface area contributed by atoms with Crippen molar-refractivity contribution in [3.8, 4) is 5.75 Å². The second kappa shape index (κ2) is 5.90. The molecule has 1 unspecified atom stereocenters. The van der Waals surface area contributed by atoms with Crippen LogP contribution in [0.4, 0.5) is 0 Å². The summed E-state index contributed by atoms with van der Waals surface area (Å²) in [5, 5.41) is 7.67. The Labute approximate surface area is 125 Å². The summed E-state index contributed by atoms with van der Waals surface area (Å²) in [6.07, 6.45) is 2.15. The first-order chi connectivity index (χ1) is 10.2. The molecule has 0 fully saturated rings. The third-order valence-corrected chi connectivity index (χ3v) is 4.21. The van der Waals surface area contributed by atoms with E-state index < -0.39 is 0 Å². The molecule has 0 radical (unpaired) electrons. The van der Waals surface area contributed by atoms with Gasteiger partial charge >= 0.3 is 0 Å². The molecule has 1 N–H and O–H groups in total. The molecule has 4 heteroatoms. The first-order valence-electron chi connectivity index (χ1n) is 7.54. The summed E-state index contributed by atoms with van der Waals surface area (Å²) in [4.78, 5) is 0. The third kappa shape index (κ3) is 2.81. The van der Waals surface area contributed by atoms with Gasteiger partial charge in [-0.05, 0) is 39.2 Å². The molecule has 1 aromatic carbocycles. The smallest absolute Gasteiger partial charge is 0.138 e. The molecule has 3 rings (SSSR count). The summed E-state index contributed by atoms with van der Waals surface area (Å²) in [7, 11) is 0. The standard InChI is InChI=1S/C17H22N2O2/c1-11-6-4-7-14-16(8-5-9-20-17(11)14)18-10-15-12(2)19-21-13(15)3/h4,6-7,16,18H,5,8-10H2,1-3H3. The number of nitrogens with one attached hydrogen (secondary N) is 1. The zero-order chi connectivity index (χ0) is 14.8. The molecule has 0 bridgehead atoms. The Morgan fingerprint density at radius 3 is 2.90 bits per heavy atom. The number of benzene rings is 1. The monoisotopic (exact) mass is 286 g/mol. The topological polar surface area (TPSA) is 47.3 Å². The lowest BCUT2D eigenvalue weighted by Gasteiger charge is -2.19. The van der Waals surface area contributed by atoms with E-state index >= 15 is 0 Å².